The molecule has 36 heavy (non-hydrogen) atoms. The number of nitrogens with zero attached hydrogens (tertiary/aromatic N) is 3. The van der Waals surface area contributed by atoms with Gasteiger partial charge in [-0.25, -0.2) is 9.96 Å². The highest BCUT2D eigenvalue weighted by Gasteiger charge is 2.61. The summed E-state index contributed by atoms with van der Waals surface area (Å²) < 4.78 is 16.7. The normalized spacial score (nSPS) is 20.8. The lowest BCUT2D eigenvalue weighted by Crippen LogP contribution is -2.37. The van der Waals surface area contributed by atoms with Crippen LogP contribution in [0, 0.1) is 17.2 Å². The number of imide groups is 1. The van der Waals surface area contributed by atoms with Crippen molar-refractivity contribution in [3.8, 4) is 23.3 Å². The number of anilines is 2. The van der Waals surface area contributed by atoms with Crippen molar-refractivity contribution in [3.63, 3.8) is 0 Å². The first-order valence-corrected chi connectivity index (χ1v) is 11.2. The molecule has 9 nitrogen and oxygen atoms in total. The molecule has 0 unspecified atom stereocenters. The molecule has 2 aliphatic rings. The van der Waals surface area contributed by atoms with Crippen molar-refractivity contribution in [1.82, 2.24) is 0 Å². The molecular weight excluding hydrogens is 462 g/mol. The second kappa shape index (κ2) is 9.24. The summed E-state index contributed by atoms with van der Waals surface area (Å²) in [6.07, 6.45) is -1.05. The average Bonchev–Trinajstić information content (AvgIpc) is 3.43. The molecule has 2 amide bonds. The minimum Gasteiger partial charge on any atom is -0.493 e. The molecule has 0 bridgehead atoms. The van der Waals surface area contributed by atoms with Crippen molar-refractivity contribution in [2.75, 3.05) is 31.3 Å². The summed E-state index contributed by atoms with van der Waals surface area (Å²) in [5.41, 5.74) is 2.09. The van der Waals surface area contributed by atoms with Gasteiger partial charge in [-0.05, 0) is 48.5 Å². The highest BCUT2D eigenvalue weighted by atomic mass is 16.7. The number of hydrogen-bond acceptors (Lipinski definition) is 8. The molecule has 2 aliphatic heterocycles. The van der Waals surface area contributed by atoms with E-state index in [0.717, 1.165) is 4.90 Å². The van der Waals surface area contributed by atoms with E-state index in [-0.39, 0.29) is 0 Å². The fourth-order valence-corrected chi connectivity index (χ4v) is 4.83. The third kappa shape index (κ3) is 3.51. The Morgan fingerprint density at radius 2 is 1.50 bits per heavy atom. The van der Waals surface area contributed by atoms with Gasteiger partial charge in [0.05, 0.1) is 44.3 Å². The molecule has 3 atom stereocenters. The van der Waals surface area contributed by atoms with E-state index in [1.54, 1.807) is 41.5 Å². The largest absolute Gasteiger partial charge is 0.493 e. The molecule has 5 rings (SSSR count). The molecule has 0 N–H and O–H groups in total. The van der Waals surface area contributed by atoms with E-state index in [0.29, 0.717) is 39.8 Å². The number of carbonyl (C=O) groups is 2. The van der Waals surface area contributed by atoms with E-state index in [9.17, 15) is 9.59 Å². The summed E-state index contributed by atoms with van der Waals surface area (Å²) in [6.45, 7) is 0. The first-order chi connectivity index (χ1) is 17.5. The summed E-state index contributed by atoms with van der Waals surface area (Å²) in [6, 6.07) is 20.4. The minimum absolute atomic E-state index is 0.370. The molecule has 182 valence electrons. The monoisotopic (exact) mass is 485 g/mol. The molecule has 0 spiro atoms. The number of hydroxylamine groups is 1. The van der Waals surface area contributed by atoms with Gasteiger partial charge in [-0.15, -0.1) is 0 Å². The third-order valence-electron chi connectivity index (χ3n) is 6.43. The fourth-order valence-electron chi connectivity index (χ4n) is 4.83. The molecule has 0 aromatic heterocycles. The molecule has 2 saturated heterocycles. The number of benzene rings is 3. The SMILES string of the molecule is COc1ccc([C@H]2[C@@H]3C(=O)N(c4ccc(C#N)cc4)C(=O)[C@H]3ON2c2ccccc2)c(OC)c1OC. The van der Waals surface area contributed by atoms with Gasteiger partial charge in [0.2, 0.25) is 11.7 Å². The maximum atomic E-state index is 13.8. The summed E-state index contributed by atoms with van der Waals surface area (Å²) in [5, 5.41) is 10.7. The molecule has 0 radical (unpaired) electrons. The van der Waals surface area contributed by atoms with Crippen LogP contribution in [0.2, 0.25) is 0 Å². The van der Waals surface area contributed by atoms with Crippen LogP contribution in [-0.2, 0) is 14.4 Å². The van der Waals surface area contributed by atoms with Gasteiger partial charge in [0.15, 0.2) is 17.6 Å². The predicted octanol–water partition coefficient (Wildman–Crippen LogP) is 3.64. The number of ether oxygens (including phenoxy) is 3. The van der Waals surface area contributed by atoms with E-state index in [2.05, 4.69) is 0 Å². The zero-order chi connectivity index (χ0) is 25.4. The number of para-hydroxylation sites is 1. The summed E-state index contributed by atoms with van der Waals surface area (Å²) >= 11 is 0. The lowest BCUT2D eigenvalue weighted by atomic mass is 9.89. The molecule has 3 aromatic carbocycles. The van der Waals surface area contributed by atoms with E-state index in [1.807, 2.05) is 36.4 Å². The van der Waals surface area contributed by atoms with Crippen molar-refractivity contribution in [1.29, 1.82) is 5.26 Å². The van der Waals surface area contributed by atoms with Gasteiger partial charge in [-0.3, -0.25) is 14.4 Å². The van der Waals surface area contributed by atoms with Crippen LogP contribution in [0.5, 0.6) is 17.2 Å². The second-order valence-corrected chi connectivity index (χ2v) is 8.25. The Kier molecular flexibility index (Phi) is 5.96. The van der Waals surface area contributed by atoms with Crippen molar-refractivity contribution < 1.29 is 28.6 Å². The number of nitriles is 1. The molecule has 2 heterocycles. The van der Waals surface area contributed by atoms with Crippen LogP contribution in [0.15, 0.2) is 66.7 Å². The number of fused-ring (bicyclic) bond motifs is 1. The van der Waals surface area contributed by atoms with Gasteiger partial charge in [0.1, 0.15) is 12.0 Å². The standard InChI is InChI=1S/C27H23N3O6/c1-33-20-14-13-19(23(34-2)24(20)35-3)22-21-25(36-30(22)18-7-5-4-6-8-18)27(32)29(26(21)31)17-11-9-16(15-28)10-12-17/h4-14,21-22,25H,1-3H3/t21-,22-,25-/m0/s1. The van der Waals surface area contributed by atoms with Gasteiger partial charge in [0.25, 0.3) is 5.91 Å². The predicted molar refractivity (Wildman–Crippen MR) is 130 cm³/mol. The van der Waals surface area contributed by atoms with Gasteiger partial charge < -0.3 is 14.2 Å². The Bertz CT molecular complexity index is 1350. The number of hydrogen-bond donors (Lipinski definition) is 0. The van der Waals surface area contributed by atoms with Crippen LogP contribution in [0.1, 0.15) is 17.2 Å². The average molecular weight is 485 g/mol. The Hall–Kier alpha value is -4.55. The molecule has 9 heteroatoms. The first-order valence-electron chi connectivity index (χ1n) is 11.2. The van der Waals surface area contributed by atoms with Crippen LogP contribution in [0.4, 0.5) is 11.4 Å². The van der Waals surface area contributed by atoms with Crippen LogP contribution in [0.25, 0.3) is 0 Å². The molecule has 0 saturated carbocycles. The highest BCUT2D eigenvalue weighted by Crippen LogP contribution is 2.52. The van der Waals surface area contributed by atoms with Gasteiger partial charge in [-0.2, -0.15) is 5.26 Å². The number of carbonyl (C=O) groups excluding carboxylic acids is 2. The molecule has 0 aliphatic carbocycles. The van der Waals surface area contributed by atoms with Crippen molar-refractivity contribution in [2.24, 2.45) is 5.92 Å². The molecular formula is C27H23N3O6. The Labute approximate surface area is 207 Å². The number of rotatable bonds is 6. The van der Waals surface area contributed by atoms with Gasteiger partial charge in [-0.1, -0.05) is 18.2 Å². The summed E-state index contributed by atoms with van der Waals surface area (Å²) in [4.78, 5) is 34.6. The van der Waals surface area contributed by atoms with Crippen molar-refractivity contribution >= 4 is 23.2 Å². The van der Waals surface area contributed by atoms with Crippen LogP contribution in [0.3, 0.4) is 0 Å². The maximum absolute atomic E-state index is 13.8. The lowest BCUT2D eigenvalue weighted by molar-refractivity contribution is -0.126. The van der Waals surface area contributed by atoms with E-state index in [4.69, 9.17) is 24.3 Å². The quantitative estimate of drug-likeness (QED) is 0.488. The number of amides is 2. The van der Waals surface area contributed by atoms with Crippen molar-refractivity contribution in [2.45, 2.75) is 12.1 Å². The second-order valence-electron chi connectivity index (χ2n) is 8.25. The van der Waals surface area contributed by atoms with E-state index >= 15 is 0 Å². The third-order valence-corrected chi connectivity index (χ3v) is 6.43. The van der Waals surface area contributed by atoms with E-state index in [1.165, 1.54) is 21.3 Å². The van der Waals surface area contributed by atoms with Crippen LogP contribution < -0.4 is 24.2 Å². The summed E-state index contributed by atoms with van der Waals surface area (Å²) in [7, 11) is 4.53. The zero-order valence-corrected chi connectivity index (χ0v) is 19.9. The first kappa shape index (κ1) is 23.2. The van der Waals surface area contributed by atoms with E-state index < -0.39 is 29.9 Å². The van der Waals surface area contributed by atoms with Gasteiger partial charge in [0, 0.05) is 5.56 Å². The fraction of sp³-hybridized carbons (Fsp3) is 0.222. The van der Waals surface area contributed by atoms with Crippen molar-refractivity contribution in [3.05, 3.63) is 77.9 Å². The Balaban J connectivity index is 1.64. The van der Waals surface area contributed by atoms with Gasteiger partial charge >= 0.3 is 0 Å². The smallest absolute Gasteiger partial charge is 0.266 e. The van der Waals surface area contributed by atoms with Crippen LogP contribution in [-0.4, -0.2) is 39.2 Å². The highest BCUT2D eigenvalue weighted by molar-refractivity contribution is 6.24. The maximum Gasteiger partial charge on any atom is 0.266 e. The zero-order valence-electron chi connectivity index (χ0n) is 19.9. The lowest BCUT2D eigenvalue weighted by Gasteiger charge is -2.30. The topological polar surface area (TPSA) is 101 Å². The van der Waals surface area contributed by atoms with Crippen LogP contribution >= 0.6 is 0 Å². The molecule has 3 aromatic rings. The molecule has 2 fully saturated rings. The summed E-state index contributed by atoms with van der Waals surface area (Å²) in [5.74, 6) is -0.528. The minimum atomic E-state index is -1.05. The Morgan fingerprint density at radius 3 is 2.11 bits per heavy atom. The Morgan fingerprint density at radius 1 is 0.806 bits per heavy atom. The number of methoxy groups -OCH3 is 3.